The van der Waals surface area contributed by atoms with Gasteiger partial charge in [-0.05, 0) is 17.2 Å². The number of hydrogen-bond donors (Lipinski definition) is 0. The van der Waals surface area contributed by atoms with E-state index in [0.29, 0.717) is 6.54 Å². The van der Waals surface area contributed by atoms with Gasteiger partial charge in [0.15, 0.2) is 0 Å². The second-order valence-corrected chi connectivity index (χ2v) is 4.06. The van der Waals surface area contributed by atoms with Gasteiger partial charge in [-0.2, -0.15) is 0 Å². The third-order valence-electron chi connectivity index (χ3n) is 2.52. The van der Waals surface area contributed by atoms with Crippen molar-refractivity contribution in [2.24, 2.45) is 10.2 Å². The van der Waals surface area contributed by atoms with Gasteiger partial charge in [0.1, 0.15) is 11.7 Å². The fraction of sp³-hybridized carbons (Fsp3) is 0.0625. The Balaban J connectivity index is 1.88. The number of carbonyl (C=O) groups is 1. The summed E-state index contributed by atoms with van der Waals surface area (Å²) in [5.41, 5.74) is 1.97. The molecule has 0 aliphatic carbocycles. The first-order chi connectivity index (χ1) is 9.84. The minimum atomic E-state index is -0.425. The summed E-state index contributed by atoms with van der Waals surface area (Å²) in [4.78, 5) is 14.9. The van der Waals surface area contributed by atoms with Gasteiger partial charge >= 0.3 is 5.91 Å². The van der Waals surface area contributed by atoms with Crippen LogP contribution in [0.4, 0.5) is 0 Å². The lowest BCUT2D eigenvalue weighted by Gasteiger charge is -1.87. The van der Waals surface area contributed by atoms with E-state index in [2.05, 4.69) is 15.1 Å². The predicted octanol–water partition coefficient (Wildman–Crippen LogP) is 3.40. The third kappa shape index (κ3) is 4.80. The second-order valence-electron chi connectivity index (χ2n) is 4.06. The molecule has 0 unspecified atom stereocenters. The lowest BCUT2D eigenvalue weighted by atomic mass is 10.2. The smallest absolute Gasteiger partial charge is 0.260 e. The van der Waals surface area contributed by atoms with Crippen LogP contribution in [0, 0.1) is 0 Å². The van der Waals surface area contributed by atoms with E-state index in [4.69, 9.17) is 0 Å². The van der Waals surface area contributed by atoms with Crippen molar-refractivity contribution in [2.45, 2.75) is 6.54 Å². The molecule has 0 saturated carbocycles. The Labute approximate surface area is 117 Å². The molecule has 0 aliphatic rings. The van der Waals surface area contributed by atoms with Crippen LogP contribution in [0.3, 0.4) is 0 Å². The zero-order valence-electron chi connectivity index (χ0n) is 10.9. The van der Waals surface area contributed by atoms with Crippen molar-refractivity contribution in [1.82, 2.24) is 4.91 Å². The number of nitrogens with zero attached hydrogens (tertiary/aromatic N) is 3. The zero-order chi connectivity index (χ0) is 14.0. The van der Waals surface area contributed by atoms with E-state index in [1.807, 2.05) is 60.7 Å². The van der Waals surface area contributed by atoms with Crippen molar-refractivity contribution in [2.75, 3.05) is 0 Å². The van der Waals surface area contributed by atoms with E-state index in [1.54, 1.807) is 6.08 Å². The summed E-state index contributed by atoms with van der Waals surface area (Å²) in [5.74, 6) is -0.425. The van der Waals surface area contributed by atoms with Crippen LogP contribution in [0.15, 0.2) is 77.0 Å². The molecule has 0 N–H and O–H groups in total. The van der Waals surface area contributed by atoms with Crippen LogP contribution in [0.1, 0.15) is 11.1 Å². The van der Waals surface area contributed by atoms with Crippen molar-refractivity contribution < 1.29 is 4.79 Å². The third-order valence-corrected chi connectivity index (χ3v) is 2.52. The number of hydrogen-bond acceptors (Lipinski definition) is 2. The molecular weight excluding hydrogens is 250 g/mol. The molecule has 2 aromatic carbocycles. The van der Waals surface area contributed by atoms with E-state index < -0.39 is 5.91 Å². The molecule has 20 heavy (non-hydrogen) atoms. The second kappa shape index (κ2) is 7.56. The Bertz CT molecular complexity index is 642. The van der Waals surface area contributed by atoms with Gasteiger partial charge in [-0.3, -0.25) is 4.79 Å². The summed E-state index contributed by atoms with van der Waals surface area (Å²) in [6.45, 7) is 0.417. The van der Waals surface area contributed by atoms with Crippen LogP contribution in [0.2, 0.25) is 0 Å². The number of amides is 1. The molecule has 0 radical (unpaired) electrons. The van der Waals surface area contributed by atoms with Crippen molar-refractivity contribution in [3.63, 3.8) is 0 Å². The van der Waals surface area contributed by atoms with Gasteiger partial charge < -0.3 is 0 Å². The van der Waals surface area contributed by atoms with Gasteiger partial charge in [0.05, 0.1) is 0 Å². The average Bonchev–Trinajstić information content (AvgIpc) is 2.52. The summed E-state index contributed by atoms with van der Waals surface area (Å²) < 4.78 is 0. The van der Waals surface area contributed by atoms with Crippen molar-refractivity contribution in [3.8, 4) is 0 Å². The normalized spacial score (nSPS) is 10.0. The van der Waals surface area contributed by atoms with Gasteiger partial charge in [-0.15, -0.1) is 0 Å². The molecule has 1 amide bonds. The maximum absolute atomic E-state index is 11.4. The van der Waals surface area contributed by atoms with Crippen molar-refractivity contribution >= 4 is 12.0 Å². The number of carbonyl (C=O) groups excluding carboxylic acids is 1. The SMILES string of the molecule is O=C(C=Cc1ccccc1)N=[N+]=NCc1ccccc1. The molecule has 0 spiro atoms. The first kappa shape index (κ1) is 13.6. The standard InChI is InChI=1S/C16H14N3O/c20-16(12-11-14-7-3-1-4-8-14)18-19-17-13-15-9-5-2-6-10-15/h1-12H,13H2/q+1. The minimum Gasteiger partial charge on any atom is -0.260 e. The summed E-state index contributed by atoms with van der Waals surface area (Å²) in [6.07, 6.45) is 3.06. The van der Waals surface area contributed by atoms with Gasteiger partial charge in [0.2, 0.25) is 10.0 Å². The highest BCUT2D eigenvalue weighted by atomic mass is 16.1. The molecule has 4 nitrogen and oxygen atoms in total. The van der Waals surface area contributed by atoms with Crippen LogP contribution < -0.4 is 4.91 Å². The molecule has 0 fully saturated rings. The number of benzene rings is 2. The molecule has 2 aromatic rings. The monoisotopic (exact) mass is 264 g/mol. The molecule has 4 heteroatoms. The van der Waals surface area contributed by atoms with E-state index >= 15 is 0 Å². The van der Waals surface area contributed by atoms with E-state index in [1.165, 1.54) is 6.08 Å². The Morgan fingerprint density at radius 1 is 1.00 bits per heavy atom. The summed E-state index contributed by atoms with van der Waals surface area (Å²) >= 11 is 0. The highest BCUT2D eigenvalue weighted by Crippen LogP contribution is 2.01. The highest BCUT2D eigenvalue weighted by molar-refractivity contribution is 5.91. The fourth-order valence-electron chi connectivity index (χ4n) is 1.54. The molecule has 0 aromatic heterocycles. The Kier molecular flexibility index (Phi) is 5.14. The minimum absolute atomic E-state index is 0.417. The zero-order valence-corrected chi connectivity index (χ0v) is 10.9. The van der Waals surface area contributed by atoms with Crippen LogP contribution in [0.5, 0.6) is 0 Å². The summed E-state index contributed by atoms with van der Waals surface area (Å²) in [6, 6.07) is 19.2. The maximum atomic E-state index is 11.4. The molecular formula is C16H14N3O+. The van der Waals surface area contributed by atoms with Gasteiger partial charge in [-0.25, -0.2) is 0 Å². The molecule has 0 heterocycles. The predicted molar refractivity (Wildman–Crippen MR) is 77.6 cm³/mol. The molecule has 0 aliphatic heterocycles. The lowest BCUT2D eigenvalue weighted by molar-refractivity contribution is -0.113. The van der Waals surface area contributed by atoms with E-state index in [9.17, 15) is 4.79 Å². The van der Waals surface area contributed by atoms with Crippen LogP contribution in [-0.4, -0.2) is 5.91 Å². The van der Waals surface area contributed by atoms with Crippen molar-refractivity contribution in [3.05, 3.63) is 77.9 Å². The Morgan fingerprint density at radius 2 is 1.65 bits per heavy atom. The van der Waals surface area contributed by atoms with Crippen molar-refractivity contribution in [1.29, 1.82) is 0 Å². The highest BCUT2D eigenvalue weighted by Gasteiger charge is 1.99. The first-order valence-electron chi connectivity index (χ1n) is 6.23. The Hall–Kier alpha value is -2.84. The van der Waals surface area contributed by atoms with Gasteiger partial charge in [0.25, 0.3) is 0 Å². The van der Waals surface area contributed by atoms with Gasteiger partial charge in [0, 0.05) is 6.08 Å². The summed E-state index contributed by atoms with van der Waals surface area (Å²) in [7, 11) is 0. The number of rotatable bonds is 4. The fourth-order valence-corrected chi connectivity index (χ4v) is 1.54. The van der Waals surface area contributed by atoms with Crippen LogP contribution >= 0.6 is 0 Å². The van der Waals surface area contributed by atoms with Gasteiger partial charge in [-0.1, -0.05) is 60.7 Å². The Morgan fingerprint density at radius 3 is 2.35 bits per heavy atom. The maximum Gasteiger partial charge on any atom is 0.353 e. The summed E-state index contributed by atoms with van der Waals surface area (Å²) in [5, 5.41) is 7.33. The van der Waals surface area contributed by atoms with Crippen LogP contribution in [-0.2, 0) is 11.3 Å². The topological polar surface area (TPSA) is 55.9 Å². The van der Waals surface area contributed by atoms with E-state index in [0.717, 1.165) is 11.1 Å². The molecule has 2 rings (SSSR count). The average molecular weight is 264 g/mol. The molecule has 0 atom stereocenters. The largest absolute Gasteiger partial charge is 0.353 e. The quantitative estimate of drug-likeness (QED) is 0.474. The molecule has 0 saturated heterocycles. The van der Waals surface area contributed by atoms with Crippen LogP contribution in [0.25, 0.3) is 6.08 Å². The molecule has 0 bridgehead atoms. The van der Waals surface area contributed by atoms with E-state index in [-0.39, 0.29) is 0 Å². The lowest BCUT2D eigenvalue weighted by Crippen LogP contribution is -1.86. The molecule has 98 valence electrons. The first-order valence-corrected chi connectivity index (χ1v) is 6.23.